The lowest BCUT2D eigenvalue weighted by molar-refractivity contribution is -0.130. The maximum atomic E-state index is 12.5. The van der Waals surface area contributed by atoms with Gasteiger partial charge in [-0.15, -0.1) is 0 Å². The van der Waals surface area contributed by atoms with Crippen LogP contribution in [0.2, 0.25) is 5.02 Å². The number of amides is 2. The second-order valence-electron chi connectivity index (χ2n) is 6.01. The normalized spacial score (nSPS) is 14.2. The summed E-state index contributed by atoms with van der Waals surface area (Å²) < 4.78 is 0. The van der Waals surface area contributed by atoms with Crippen LogP contribution in [0.5, 0.6) is 0 Å². The van der Waals surface area contributed by atoms with E-state index in [9.17, 15) is 9.59 Å². The number of halogens is 1. The van der Waals surface area contributed by atoms with Gasteiger partial charge in [-0.2, -0.15) is 0 Å². The van der Waals surface area contributed by atoms with Crippen LogP contribution in [0.1, 0.15) is 16.1 Å². The average Bonchev–Trinajstić information content (AvgIpc) is 2.69. The number of anilines is 1. The van der Waals surface area contributed by atoms with Gasteiger partial charge in [0.25, 0.3) is 5.91 Å². The molecule has 2 heterocycles. The zero-order valence-corrected chi connectivity index (χ0v) is 15.2. The van der Waals surface area contributed by atoms with Crippen LogP contribution in [0.3, 0.4) is 0 Å². The highest BCUT2D eigenvalue weighted by molar-refractivity contribution is 6.30. The topological polar surface area (TPSA) is 78.4 Å². The zero-order valence-electron chi connectivity index (χ0n) is 14.5. The highest BCUT2D eigenvalue weighted by Gasteiger charge is 2.22. The smallest absolute Gasteiger partial charge is 0.271 e. The first kappa shape index (κ1) is 18.1. The summed E-state index contributed by atoms with van der Waals surface area (Å²) in [4.78, 5) is 36.5. The summed E-state index contributed by atoms with van der Waals surface area (Å²) in [6.07, 6.45) is 3.44. The van der Waals surface area contributed by atoms with Crippen LogP contribution in [0.15, 0.2) is 36.7 Å². The maximum Gasteiger partial charge on any atom is 0.271 e. The van der Waals surface area contributed by atoms with Crippen molar-refractivity contribution in [3.8, 4) is 0 Å². The SMILES string of the molecule is CNC(=O)c1cncc(N2CCN(C(=O)Cc3ccc(Cl)cc3)CC2)n1. The third kappa shape index (κ3) is 4.29. The van der Waals surface area contributed by atoms with Crippen LogP contribution in [0.25, 0.3) is 0 Å². The molecule has 7 nitrogen and oxygen atoms in total. The summed E-state index contributed by atoms with van der Waals surface area (Å²) in [6.45, 7) is 2.52. The Kier molecular flexibility index (Phi) is 5.68. The van der Waals surface area contributed by atoms with Gasteiger partial charge in [-0.25, -0.2) is 4.98 Å². The molecule has 3 rings (SSSR count). The highest BCUT2D eigenvalue weighted by atomic mass is 35.5. The van der Waals surface area contributed by atoms with Gasteiger partial charge in [-0.3, -0.25) is 14.6 Å². The quantitative estimate of drug-likeness (QED) is 0.876. The Bertz CT molecular complexity index is 788. The van der Waals surface area contributed by atoms with Gasteiger partial charge < -0.3 is 15.1 Å². The molecule has 1 saturated heterocycles. The van der Waals surface area contributed by atoms with Crippen molar-refractivity contribution in [2.24, 2.45) is 0 Å². The van der Waals surface area contributed by atoms with Crippen LogP contribution in [-0.2, 0) is 11.2 Å². The van der Waals surface area contributed by atoms with Crippen molar-refractivity contribution >= 4 is 29.2 Å². The van der Waals surface area contributed by atoms with Crippen LogP contribution in [-0.4, -0.2) is 59.9 Å². The minimum atomic E-state index is -0.267. The first-order chi connectivity index (χ1) is 12.6. The molecule has 1 aliphatic heterocycles. The number of rotatable bonds is 4. The molecule has 0 saturated carbocycles. The van der Waals surface area contributed by atoms with Crippen LogP contribution < -0.4 is 10.2 Å². The first-order valence-corrected chi connectivity index (χ1v) is 8.76. The average molecular weight is 374 g/mol. The van der Waals surface area contributed by atoms with Gasteiger partial charge in [0.1, 0.15) is 11.5 Å². The molecule has 2 amide bonds. The molecular weight excluding hydrogens is 354 g/mol. The van der Waals surface area contributed by atoms with Gasteiger partial charge in [-0.1, -0.05) is 23.7 Å². The van der Waals surface area contributed by atoms with Gasteiger partial charge in [-0.05, 0) is 17.7 Å². The predicted molar refractivity (Wildman–Crippen MR) is 99.4 cm³/mol. The van der Waals surface area contributed by atoms with E-state index in [2.05, 4.69) is 15.3 Å². The third-order valence-corrected chi connectivity index (χ3v) is 4.56. The fraction of sp³-hybridized carbons (Fsp3) is 0.333. The van der Waals surface area contributed by atoms with Gasteiger partial charge in [0.2, 0.25) is 5.91 Å². The fourth-order valence-corrected chi connectivity index (χ4v) is 2.95. The molecule has 0 aliphatic carbocycles. The third-order valence-electron chi connectivity index (χ3n) is 4.31. The summed E-state index contributed by atoms with van der Waals surface area (Å²) in [5.74, 6) is 0.476. The number of hydrogen-bond donors (Lipinski definition) is 1. The number of carbonyl (C=O) groups excluding carboxylic acids is 2. The van der Waals surface area contributed by atoms with Crippen molar-refractivity contribution in [3.05, 3.63) is 52.9 Å². The lowest BCUT2D eigenvalue weighted by Gasteiger charge is -2.35. The Balaban J connectivity index is 1.58. The van der Waals surface area contributed by atoms with Crippen molar-refractivity contribution in [1.82, 2.24) is 20.2 Å². The van der Waals surface area contributed by atoms with Gasteiger partial charge in [0, 0.05) is 38.2 Å². The van der Waals surface area contributed by atoms with Gasteiger partial charge in [0.15, 0.2) is 0 Å². The van der Waals surface area contributed by atoms with Crippen molar-refractivity contribution in [3.63, 3.8) is 0 Å². The molecule has 2 aromatic rings. The lowest BCUT2D eigenvalue weighted by Crippen LogP contribution is -2.49. The van der Waals surface area contributed by atoms with Gasteiger partial charge >= 0.3 is 0 Å². The summed E-state index contributed by atoms with van der Waals surface area (Å²) in [7, 11) is 1.56. The van der Waals surface area contributed by atoms with E-state index in [1.54, 1.807) is 25.4 Å². The number of piperazine rings is 1. The van der Waals surface area contributed by atoms with Crippen molar-refractivity contribution in [2.45, 2.75) is 6.42 Å². The molecule has 136 valence electrons. The summed E-state index contributed by atoms with van der Waals surface area (Å²) in [6, 6.07) is 7.33. The molecule has 0 spiro atoms. The minimum absolute atomic E-state index is 0.0946. The van der Waals surface area contributed by atoms with Crippen molar-refractivity contribution < 1.29 is 9.59 Å². The molecular formula is C18H20ClN5O2. The van der Waals surface area contributed by atoms with Gasteiger partial charge in [0.05, 0.1) is 18.8 Å². The molecule has 1 fully saturated rings. The lowest BCUT2D eigenvalue weighted by atomic mass is 10.1. The van der Waals surface area contributed by atoms with Crippen molar-refractivity contribution in [1.29, 1.82) is 0 Å². The Labute approximate surface area is 157 Å². The van der Waals surface area contributed by atoms with E-state index in [1.165, 1.54) is 6.20 Å². The molecule has 0 atom stereocenters. The number of hydrogen-bond acceptors (Lipinski definition) is 5. The predicted octanol–water partition coefficient (Wildman–Crippen LogP) is 1.38. The summed E-state index contributed by atoms with van der Waals surface area (Å²) >= 11 is 5.87. The Morgan fingerprint density at radius 2 is 1.81 bits per heavy atom. The highest BCUT2D eigenvalue weighted by Crippen LogP contribution is 2.15. The standard InChI is InChI=1S/C18H20ClN5O2/c1-20-18(26)15-11-21-12-16(22-15)23-6-8-24(9-7-23)17(25)10-13-2-4-14(19)5-3-13/h2-5,11-12H,6-10H2,1H3,(H,20,26). The number of benzene rings is 1. The molecule has 0 unspecified atom stereocenters. The number of nitrogens with zero attached hydrogens (tertiary/aromatic N) is 4. The molecule has 1 N–H and O–H groups in total. The molecule has 1 aromatic heterocycles. The Morgan fingerprint density at radius 3 is 2.46 bits per heavy atom. The van der Waals surface area contributed by atoms with Crippen molar-refractivity contribution in [2.75, 3.05) is 38.1 Å². The van der Waals surface area contributed by atoms with E-state index in [0.29, 0.717) is 43.4 Å². The van der Waals surface area contributed by atoms with E-state index >= 15 is 0 Å². The van der Waals surface area contributed by atoms with Crippen LogP contribution >= 0.6 is 11.6 Å². The molecule has 0 radical (unpaired) electrons. The van der Waals surface area contributed by atoms with E-state index in [1.807, 2.05) is 21.9 Å². The summed E-state index contributed by atoms with van der Waals surface area (Å²) in [5.41, 5.74) is 1.23. The molecule has 1 aliphatic rings. The van der Waals surface area contributed by atoms with E-state index in [0.717, 1.165) is 5.56 Å². The molecule has 0 bridgehead atoms. The Morgan fingerprint density at radius 1 is 1.12 bits per heavy atom. The summed E-state index contributed by atoms with van der Waals surface area (Å²) in [5, 5.41) is 3.20. The maximum absolute atomic E-state index is 12.5. The van der Waals surface area contributed by atoms with E-state index in [4.69, 9.17) is 11.6 Å². The number of carbonyl (C=O) groups is 2. The second-order valence-corrected chi connectivity index (χ2v) is 6.45. The molecule has 8 heteroatoms. The monoisotopic (exact) mass is 373 g/mol. The second kappa shape index (κ2) is 8.14. The zero-order chi connectivity index (χ0) is 18.5. The van der Waals surface area contributed by atoms with E-state index in [-0.39, 0.29) is 17.5 Å². The molecule has 26 heavy (non-hydrogen) atoms. The Hall–Kier alpha value is -2.67. The minimum Gasteiger partial charge on any atom is -0.354 e. The fourth-order valence-electron chi connectivity index (χ4n) is 2.82. The largest absolute Gasteiger partial charge is 0.354 e. The molecule has 1 aromatic carbocycles. The van der Waals surface area contributed by atoms with Crippen LogP contribution in [0, 0.1) is 0 Å². The van der Waals surface area contributed by atoms with E-state index < -0.39 is 0 Å². The number of aromatic nitrogens is 2. The number of nitrogens with one attached hydrogen (secondary N) is 1. The van der Waals surface area contributed by atoms with Crippen LogP contribution in [0.4, 0.5) is 5.82 Å². The first-order valence-electron chi connectivity index (χ1n) is 8.38.